The lowest BCUT2D eigenvalue weighted by Crippen LogP contribution is -2.33. The molecule has 2 aromatic carbocycles. The fraction of sp³-hybridized carbons (Fsp3) is 0.280. The molecule has 2 aliphatic rings. The van der Waals surface area contributed by atoms with Gasteiger partial charge in [0.25, 0.3) is 0 Å². The van der Waals surface area contributed by atoms with Gasteiger partial charge >= 0.3 is 0 Å². The van der Waals surface area contributed by atoms with Gasteiger partial charge in [0.2, 0.25) is 0 Å². The van der Waals surface area contributed by atoms with Crippen molar-refractivity contribution in [1.29, 1.82) is 0 Å². The first kappa shape index (κ1) is 17.9. The van der Waals surface area contributed by atoms with Crippen LogP contribution in [0.5, 0.6) is 5.75 Å². The predicted octanol–water partition coefficient (Wildman–Crippen LogP) is 5.44. The summed E-state index contributed by atoms with van der Waals surface area (Å²) in [5.74, 6) is 0.970. The maximum Gasteiger partial charge on any atom is 0.162 e. The third-order valence-electron chi connectivity index (χ3n) is 6.06. The van der Waals surface area contributed by atoms with Gasteiger partial charge in [0.1, 0.15) is 5.75 Å². The summed E-state index contributed by atoms with van der Waals surface area (Å²) in [6, 6.07) is 16.3. The van der Waals surface area contributed by atoms with Gasteiger partial charge in [-0.25, -0.2) is 0 Å². The fourth-order valence-corrected chi connectivity index (χ4v) is 4.78. The van der Waals surface area contributed by atoms with Crippen molar-refractivity contribution in [3.63, 3.8) is 0 Å². The van der Waals surface area contributed by atoms with Crippen LogP contribution in [0.2, 0.25) is 0 Å². The van der Waals surface area contributed by atoms with E-state index in [-0.39, 0.29) is 17.1 Å². The zero-order valence-electron chi connectivity index (χ0n) is 17.0. The van der Waals surface area contributed by atoms with E-state index in [4.69, 9.17) is 4.74 Å². The van der Waals surface area contributed by atoms with Crippen LogP contribution in [0.25, 0.3) is 10.9 Å². The number of carbonyl (C=O) groups is 1. The Morgan fingerprint density at radius 1 is 1.07 bits per heavy atom. The number of hydrogen-bond donors (Lipinski definition) is 1. The van der Waals surface area contributed by atoms with Crippen molar-refractivity contribution in [2.45, 2.75) is 32.6 Å². The Kier molecular flexibility index (Phi) is 3.98. The number of nitrogens with zero attached hydrogens (tertiary/aromatic N) is 1. The van der Waals surface area contributed by atoms with E-state index in [1.807, 2.05) is 24.4 Å². The van der Waals surface area contributed by atoms with Crippen LogP contribution in [-0.4, -0.2) is 17.9 Å². The van der Waals surface area contributed by atoms with E-state index >= 15 is 0 Å². The molecule has 0 spiro atoms. The lowest BCUT2D eigenvalue weighted by molar-refractivity contribution is -0.118. The second-order valence-corrected chi connectivity index (χ2v) is 8.76. The molecule has 3 aromatic rings. The summed E-state index contributed by atoms with van der Waals surface area (Å²) in [4.78, 5) is 17.8. The summed E-state index contributed by atoms with van der Waals surface area (Å²) >= 11 is 0. The van der Waals surface area contributed by atoms with Crippen LogP contribution in [0.15, 0.2) is 66.0 Å². The number of benzene rings is 2. The minimum atomic E-state index is -0.0830. The van der Waals surface area contributed by atoms with Crippen molar-refractivity contribution >= 4 is 22.4 Å². The van der Waals surface area contributed by atoms with Crippen molar-refractivity contribution < 1.29 is 9.53 Å². The molecule has 1 aromatic heterocycles. The third-order valence-corrected chi connectivity index (χ3v) is 6.06. The number of fused-ring (bicyclic) bond motifs is 3. The average Bonchev–Trinajstić information content (AvgIpc) is 2.71. The summed E-state index contributed by atoms with van der Waals surface area (Å²) in [5, 5.41) is 4.73. The van der Waals surface area contributed by atoms with E-state index in [2.05, 4.69) is 54.5 Å². The van der Waals surface area contributed by atoms with Gasteiger partial charge in [-0.1, -0.05) is 32.0 Å². The van der Waals surface area contributed by atoms with Gasteiger partial charge in [-0.05, 0) is 53.3 Å². The largest absolute Gasteiger partial charge is 0.497 e. The number of allylic oxidation sites excluding steroid dienone is 2. The van der Waals surface area contributed by atoms with Gasteiger partial charge in [-0.3, -0.25) is 9.78 Å². The Morgan fingerprint density at radius 2 is 1.86 bits per heavy atom. The monoisotopic (exact) mass is 384 g/mol. The van der Waals surface area contributed by atoms with E-state index in [1.54, 1.807) is 7.11 Å². The molecular weight excluding hydrogens is 360 g/mol. The first-order chi connectivity index (χ1) is 14.0. The smallest absolute Gasteiger partial charge is 0.162 e. The highest BCUT2D eigenvalue weighted by Gasteiger charge is 2.40. The Labute approximate surface area is 170 Å². The first-order valence-electron chi connectivity index (χ1n) is 10.0. The van der Waals surface area contributed by atoms with Crippen LogP contribution >= 0.6 is 0 Å². The third kappa shape index (κ3) is 2.91. The van der Waals surface area contributed by atoms with Crippen molar-refractivity contribution in [2.24, 2.45) is 5.41 Å². The van der Waals surface area contributed by atoms with Gasteiger partial charge in [0.15, 0.2) is 5.78 Å². The summed E-state index contributed by atoms with van der Waals surface area (Å²) in [6.45, 7) is 4.33. The number of methoxy groups -OCH3 is 1. The Morgan fingerprint density at radius 3 is 2.62 bits per heavy atom. The lowest BCUT2D eigenvalue weighted by Gasteiger charge is -2.39. The summed E-state index contributed by atoms with van der Waals surface area (Å²) < 4.78 is 5.34. The standard InChI is InChI=1S/C25H24N2O2/c1-25(2)13-20-23(21(28)14-25)22(15-6-8-16(29-3)9-7-15)18-10-11-19-17(24(18)27-20)5-4-12-26-19/h4-12,22,27H,13-14H2,1-3H3/t22-/m0/s1. The summed E-state index contributed by atoms with van der Waals surface area (Å²) in [6.07, 6.45) is 3.25. The Bertz CT molecular complexity index is 1160. The van der Waals surface area contributed by atoms with Gasteiger partial charge in [-0.2, -0.15) is 0 Å². The number of Topliss-reactive ketones (excluding diaryl/α,β-unsaturated/α-hetero) is 1. The van der Waals surface area contributed by atoms with Crippen LogP contribution in [0.1, 0.15) is 43.7 Å². The maximum absolute atomic E-state index is 13.3. The molecule has 0 bridgehead atoms. The number of nitrogens with one attached hydrogen (secondary N) is 1. The molecule has 2 heterocycles. The zero-order valence-corrected chi connectivity index (χ0v) is 17.0. The molecular formula is C25H24N2O2. The molecule has 0 fully saturated rings. The second kappa shape index (κ2) is 6.45. The number of rotatable bonds is 2. The van der Waals surface area contributed by atoms with E-state index in [9.17, 15) is 4.79 Å². The molecule has 0 radical (unpaired) electrons. The number of aromatic nitrogens is 1. The molecule has 0 saturated carbocycles. The zero-order chi connectivity index (χ0) is 20.2. The number of anilines is 1. The topological polar surface area (TPSA) is 51.2 Å². The van der Waals surface area contributed by atoms with Crippen LogP contribution in [0, 0.1) is 5.41 Å². The summed E-state index contributed by atoms with van der Waals surface area (Å²) in [7, 11) is 1.67. The van der Waals surface area contributed by atoms with Crippen LogP contribution < -0.4 is 10.1 Å². The SMILES string of the molecule is COc1ccc([C@@H]2C3=C(CC(C)(C)CC3=O)Nc3c2ccc2ncccc32)cc1. The molecule has 4 heteroatoms. The number of pyridine rings is 1. The molecule has 0 unspecified atom stereocenters. The lowest BCUT2D eigenvalue weighted by atomic mass is 9.68. The Hall–Kier alpha value is -3.14. The molecule has 0 saturated heterocycles. The molecule has 1 N–H and O–H groups in total. The van der Waals surface area contributed by atoms with Crippen LogP contribution in [0.3, 0.4) is 0 Å². The second-order valence-electron chi connectivity index (χ2n) is 8.76. The molecule has 1 atom stereocenters. The number of hydrogen-bond acceptors (Lipinski definition) is 4. The molecule has 146 valence electrons. The molecule has 29 heavy (non-hydrogen) atoms. The van der Waals surface area contributed by atoms with Crippen molar-refractivity contribution in [3.8, 4) is 5.75 Å². The molecule has 1 aliphatic heterocycles. The number of ketones is 1. The van der Waals surface area contributed by atoms with Crippen molar-refractivity contribution in [1.82, 2.24) is 4.98 Å². The molecule has 4 nitrogen and oxygen atoms in total. The van der Waals surface area contributed by atoms with E-state index < -0.39 is 0 Å². The van der Waals surface area contributed by atoms with Crippen molar-refractivity contribution in [2.75, 3.05) is 12.4 Å². The van der Waals surface area contributed by atoms with E-state index in [1.165, 1.54) is 0 Å². The Balaban J connectivity index is 1.76. The van der Waals surface area contributed by atoms with Crippen LogP contribution in [0.4, 0.5) is 5.69 Å². The average molecular weight is 384 g/mol. The number of carbonyl (C=O) groups excluding carboxylic acids is 1. The van der Waals surface area contributed by atoms with Gasteiger partial charge in [-0.15, -0.1) is 0 Å². The molecule has 5 rings (SSSR count). The summed E-state index contributed by atoms with van der Waals surface area (Å²) in [5.41, 5.74) is 6.17. The van der Waals surface area contributed by atoms with Crippen LogP contribution in [-0.2, 0) is 4.79 Å². The quantitative estimate of drug-likeness (QED) is 0.639. The molecule has 1 aliphatic carbocycles. The van der Waals surface area contributed by atoms with Gasteiger partial charge < -0.3 is 10.1 Å². The highest BCUT2D eigenvalue weighted by molar-refractivity contribution is 6.04. The van der Waals surface area contributed by atoms with Gasteiger partial charge in [0.05, 0.1) is 18.3 Å². The first-order valence-corrected chi connectivity index (χ1v) is 10.0. The maximum atomic E-state index is 13.3. The highest BCUT2D eigenvalue weighted by Crippen LogP contribution is 2.50. The molecule has 0 amide bonds. The minimum Gasteiger partial charge on any atom is -0.497 e. The normalized spacial score (nSPS) is 20.1. The highest BCUT2D eigenvalue weighted by atomic mass is 16.5. The fourth-order valence-electron chi connectivity index (χ4n) is 4.78. The van der Waals surface area contributed by atoms with E-state index in [0.29, 0.717) is 6.42 Å². The van der Waals surface area contributed by atoms with Crippen molar-refractivity contribution in [3.05, 3.63) is 77.1 Å². The van der Waals surface area contributed by atoms with E-state index in [0.717, 1.165) is 51.2 Å². The van der Waals surface area contributed by atoms with Gasteiger partial charge in [0, 0.05) is 35.2 Å². The minimum absolute atomic E-state index is 0.0479. The number of ether oxygens (including phenoxy) is 1. The predicted molar refractivity (Wildman–Crippen MR) is 115 cm³/mol.